The van der Waals surface area contributed by atoms with Crippen LogP contribution in [0, 0.1) is 13.8 Å². The lowest BCUT2D eigenvalue weighted by Crippen LogP contribution is -2.44. The van der Waals surface area contributed by atoms with Gasteiger partial charge in [-0.25, -0.2) is 13.4 Å². The summed E-state index contributed by atoms with van der Waals surface area (Å²) in [6.07, 6.45) is 3.35. The van der Waals surface area contributed by atoms with Gasteiger partial charge >= 0.3 is 0 Å². The zero-order chi connectivity index (χ0) is 19.7. The summed E-state index contributed by atoms with van der Waals surface area (Å²) in [6.45, 7) is 7.96. The number of ether oxygens (including phenoxy) is 1. The van der Waals surface area contributed by atoms with Crippen LogP contribution in [0.1, 0.15) is 24.2 Å². The molecule has 8 nitrogen and oxygen atoms in total. The molecular formula is C19H27N5O3S. The molecule has 0 aromatic carbocycles. The highest BCUT2D eigenvalue weighted by Gasteiger charge is 2.28. The molecule has 0 spiro atoms. The molecule has 0 saturated carbocycles. The highest BCUT2D eigenvalue weighted by Crippen LogP contribution is 2.23. The second-order valence-corrected chi connectivity index (χ2v) is 9.45. The first-order chi connectivity index (χ1) is 13.4. The number of sulfonamides is 1. The third-order valence-electron chi connectivity index (χ3n) is 5.37. The van der Waals surface area contributed by atoms with Crippen LogP contribution in [0.15, 0.2) is 29.3 Å². The predicted molar refractivity (Wildman–Crippen MR) is 106 cm³/mol. The second kappa shape index (κ2) is 7.81. The maximum absolute atomic E-state index is 12.7. The van der Waals surface area contributed by atoms with Gasteiger partial charge in [-0.15, -0.1) is 0 Å². The van der Waals surface area contributed by atoms with Crippen molar-refractivity contribution in [3.63, 3.8) is 0 Å². The van der Waals surface area contributed by atoms with E-state index in [1.54, 1.807) is 16.4 Å². The minimum atomic E-state index is -3.42. The zero-order valence-electron chi connectivity index (χ0n) is 16.4. The molecule has 2 fully saturated rings. The number of rotatable bonds is 5. The maximum atomic E-state index is 12.7. The maximum Gasteiger partial charge on any atom is 0.244 e. The minimum absolute atomic E-state index is 0.0153. The average molecular weight is 406 g/mol. The quantitative estimate of drug-likeness (QED) is 0.751. The van der Waals surface area contributed by atoms with Gasteiger partial charge in [0.15, 0.2) is 0 Å². The average Bonchev–Trinajstić information content (AvgIpc) is 3.33. The number of aryl methyl sites for hydroxylation is 2. The van der Waals surface area contributed by atoms with Crippen LogP contribution in [0.2, 0.25) is 0 Å². The van der Waals surface area contributed by atoms with Gasteiger partial charge in [0.25, 0.3) is 0 Å². The molecule has 2 aromatic heterocycles. The number of hydrogen-bond donors (Lipinski definition) is 0. The number of aromatic nitrogens is 3. The largest absolute Gasteiger partial charge is 0.373 e. The van der Waals surface area contributed by atoms with E-state index in [2.05, 4.69) is 21.0 Å². The van der Waals surface area contributed by atoms with Crippen LogP contribution in [-0.2, 0) is 21.3 Å². The Kier molecular flexibility index (Phi) is 5.39. The van der Waals surface area contributed by atoms with Gasteiger partial charge < -0.3 is 9.64 Å². The van der Waals surface area contributed by atoms with Gasteiger partial charge in [-0.3, -0.25) is 4.68 Å². The fourth-order valence-corrected chi connectivity index (χ4v) is 5.34. The molecular weight excluding hydrogens is 378 g/mol. The van der Waals surface area contributed by atoms with Gasteiger partial charge in [0.2, 0.25) is 10.0 Å². The van der Waals surface area contributed by atoms with E-state index in [0.717, 1.165) is 36.6 Å². The van der Waals surface area contributed by atoms with Crippen LogP contribution in [0.4, 0.5) is 5.82 Å². The van der Waals surface area contributed by atoms with E-state index in [-0.39, 0.29) is 11.0 Å². The molecule has 0 N–H and O–H groups in total. The van der Waals surface area contributed by atoms with Crippen molar-refractivity contribution >= 4 is 15.8 Å². The Morgan fingerprint density at radius 1 is 1.18 bits per heavy atom. The molecule has 2 aliphatic rings. The number of pyridine rings is 1. The van der Waals surface area contributed by atoms with Crippen molar-refractivity contribution in [3.05, 3.63) is 35.8 Å². The summed E-state index contributed by atoms with van der Waals surface area (Å²) in [6, 6.07) is 5.53. The predicted octanol–water partition coefficient (Wildman–Crippen LogP) is 1.58. The van der Waals surface area contributed by atoms with Crippen molar-refractivity contribution in [2.24, 2.45) is 0 Å². The fraction of sp³-hybridized carbons (Fsp3) is 0.579. The highest BCUT2D eigenvalue weighted by molar-refractivity contribution is 7.89. The van der Waals surface area contributed by atoms with E-state index in [9.17, 15) is 8.42 Å². The highest BCUT2D eigenvalue weighted by atomic mass is 32.2. The molecule has 0 aliphatic carbocycles. The summed E-state index contributed by atoms with van der Waals surface area (Å²) in [5, 5.41) is 4.51. The van der Waals surface area contributed by atoms with E-state index in [1.807, 2.05) is 18.5 Å². The summed E-state index contributed by atoms with van der Waals surface area (Å²) < 4.78 is 34.7. The number of morpholine rings is 1. The van der Waals surface area contributed by atoms with E-state index < -0.39 is 10.0 Å². The summed E-state index contributed by atoms with van der Waals surface area (Å²) in [7, 11) is -3.42. The van der Waals surface area contributed by atoms with Gasteiger partial charge in [0.05, 0.1) is 24.9 Å². The molecule has 2 saturated heterocycles. The molecule has 0 bridgehead atoms. The lowest BCUT2D eigenvalue weighted by molar-refractivity contribution is 0.0267. The van der Waals surface area contributed by atoms with Crippen LogP contribution in [0.25, 0.3) is 0 Å². The normalized spacial score (nSPS) is 21.4. The molecule has 1 unspecified atom stereocenters. The summed E-state index contributed by atoms with van der Waals surface area (Å²) in [5.41, 5.74) is 2.12. The standard InChI is InChI=1S/C19H27N5O3S/c1-15-11-16(2)24(21-15)14-17-13-22(9-10-27-17)19-6-5-18(12-20-19)28(25,26)23-7-3-4-8-23/h5-6,11-12,17H,3-4,7-10,13-14H2,1-2H3. The van der Waals surface area contributed by atoms with Crippen LogP contribution in [0.5, 0.6) is 0 Å². The lowest BCUT2D eigenvalue weighted by atomic mass is 10.2. The minimum Gasteiger partial charge on any atom is -0.373 e. The number of anilines is 1. The molecule has 152 valence electrons. The van der Waals surface area contributed by atoms with Crippen molar-refractivity contribution in [2.75, 3.05) is 37.7 Å². The Labute approximate surface area is 166 Å². The molecule has 0 amide bonds. The van der Waals surface area contributed by atoms with Gasteiger partial charge in [-0.1, -0.05) is 0 Å². The summed E-state index contributed by atoms with van der Waals surface area (Å²) in [4.78, 5) is 6.86. The van der Waals surface area contributed by atoms with E-state index in [0.29, 0.717) is 32.8 Å². The topological polar surface area (TPSA) is 80.6 Å². The van der Waals surface area contributed by atoms with Crippen LogP contribution in [0.3, 0.4) is 0 Å². The molecule has 2 aromatic rings. The first kappa shape index (κ1) is 19.4. The zero-order valence-corrected chi connectivity index (χ0v) is 17.2. The van der Waals surface area contributed by atoms with Crippen molar-refractivity contribution in [1.29, 1.82) is 0 Å². The van der Waals surface area contributed by atoms with E-state index >= 15 is 0 Å². The van der Waals surface area contributed by atoms with Crippen molar-refractivity contribution < 1.29 is 13.2 Å². The Balaban J connectivity index is 1.44. The molecule has 0 radical (unpaired) electrons. The summed E-state index contributed by atoms with van der Waals surface area (Å²) >= 11 is 0. The van der Waals surface area contributed by atoms with Gasteiger partial charge in [-0.2, -0.15) is 9.40 Å². The fourth-order valence-electron chi connectivity index (χ4n) is 3.88. The smallest absolute Gasteiger partial charge is 0.244 e. The first-order valence-corrected chi connectivity index (χ1v) is 11.2. The van der Waals surface area contributed by atoms with Gasteiger partial charge in [0, 0.05) is 38.1 Å². The lowest BCUT2D eigenvalue weighted by Gasteiger charge is -2.34. The van der Waals surface area contributed by atoms with Crippen LogP contribution < -0.4 is 4.90 Å². The molecule has 1 atom stereocenters. The number of nitrogens with zero attached hydrogens (tertiary/aromatic N) is 5. The third kappa shape index (κ3) is 3.92. The molecule has 9 heteroatoms. The van der Waals surface area contributed by atoms with E-state index in [1.165, 1.54) is 6.20 Å². The Morgan fingerprint density at radius 3 is 2.61 bits per heavy atom. The second-order valence-electron chi connectivity index (χ2n) is 7.51. The van der Waals surface area contributed by atoms with Gasteiger partial charge in [0.1, 0.15) is 10.7 Å². The summed E-state index contributed by atoms with van der Waals surface area (Å²) in [5.74, 6) is 0.780. The van der Waals surface area contributed by atoms with Crippen molar-refractivity contribution in [2.45, 2.75) is 44.2 Å². The van der Waals surface area contributed by atoms with Crippen molar-refractivity contribution in [3.8, 4) is 0 Å². The molecule has 4 heterocycles. The van der Waals surface area contributed by atoms with Crippen LogP contribution in [-0.4, -0.2) is 66.4 Å². The van der Waals surface area contributed by atoms with Crippen molar-refractivity contribution in [1.82, 2.24) is 19.1 Å². The van der Waals surface area contributed by atoms with Crippen LogP contribution >= 0.6 is 0 Å². The van der Waals surface area contributed by atoms with Gasteiger partial charge in [-0.05, 0) is 44.9 Å². The Bertz CT molecular complexity index is 920. The molecule has 4 rings (SSSR count). The Hall–Kier alpha value is -1.97. The van der Waals surface area contributed by atoms with E-state index in [4.69, 9.17) is 4.74 Å². The first-order valence-electron chi connectivity index (χ1n) is 9.77. The Morgan fingerprint density at radius 2 is 1.96 bits per heavy atom. The third-order valence-corrected chi connectivity index (χ3v) is 7.25. The SMILES string of the molecule is Cc1cc(C)n(CC2CN(c3ccc(S(=O)(=O)N4CCCC4)cn3)CCO2)n1. The number of hydrogen-bond acceptors (Lipinski definition) is 6. The molecule has 2 aliphatic heterocycles. The molecule has 28 heavy (non-hydrogen) atoms. The monoisotopic (exact) mass is 405 g/mol.